The highest BCUT2D eigenvalue weighted by atomic mass is 14.5. The maximum atomic E-state index is 2.55. The zero-order valence-corrected chi connectivity index (χ0v) is 8.77. The smallest absolute Gasteiger partial charge is 0.0269 e. The Hall–Kier alpha value is 0. The molecule has 12 heavy (non-hydrogen) atoms. The van der Waals surface area contributed by atoms with Gasteiger partial charge in [-0.05, 0) is 42.4 Å². The van der Waals surface area contributed by atoms with Crippen LogP contribution in [0.15, 0.2) is 0 Å². The van der Waals surface area contributed by atoms with E-state index in [-0.39, 0.29) is 0 Å². The van der Waals surface area contributed by atoms with E-state index in [0.29, 0.717) is 0 Å². The van der Waals surface area contributed by atoms with E-state index in [0.717, 1.165) is 23.2 Å². The van der Waals surface area contributed by atoms with Crippen LogP contribution in [-0.2, 0) is 0 Å². The molecule has 0 N–H and O–H groups in total. The van der Waals surface area contributed by atoms with Crippen molar-refractivity contribution in [3.8, 4) is 0 Å². The van der Waals surface area contributed by atoms with E-state index >= 15 is 0 Å². The first-order chi connectivity index (χ1) is 5.64. The highest BCUT2D eigenvalue weighted by molar-refractivity contribution is 4.97. The molecule has 4 atom stereocenters. The summed E-state index contributed by atoms with van der Waals surface area (Å²) in [6.45, 7) is 7.49. The number of hydrogen-bond acceptors (Lipinski definition) is 0. The Balaban J connectivity index is 2.21. The molecule has 0 aromatic carbocycles. The van der Waals surface area contributed by atoms with Crippen LogP contribution in [0, 0.1) is 23.2 Å². The van der Waals surface area contributed by atoms with Gasteiger partial charge in [0.1, 0.15) is 0 Å². The van der Waals surface area contributed by atoms with Gasteiger partial charge in [-0.1, -0.05) is 33.6 Å². The summed E-state index contributed by atoms with van der Waals surface area (Å²) in [6, 6.07) is 0. The van der Waals surface area contributed by atoms with Crippen molar-refractivity contribution in [2.24, 2.45) is 23.2 Å². The fourth-order valence-electron chi connectivity index (χ4n) is 3.78. The van der Waals surface area contributed by atoms with Gasteiger partial charge in [0.05, 0.1) is 0 Å². The molecule has 0 heteroatoms. The molecule has 2 rings (SSSR count). The fraction of sp³-hybridized carbons (Fsp3) is 1.00. The van der Waals surface area contributed by atoms with Crippen molar-refractivity contribution < 1.29 is 0 Å². The third kappa shape index (κ3) is 1.03. The van der Waals surface area contributed by atoms with Crippen LogP contribution in [0.5, 0.6) is 0 Å². The summed E-state index contributed by atoms with van der Waals surface area (Å²) < 4.78 is 0. The van der Waals surface area contributed by atoms with E-state index in [4.69, 9.17) is 0 Å². The summed E-state index contributed by atoms with van der Waals surface area (Å²) in [5.41, 5.74) is 0.720. The second-order valence-electron chi connectivity index (χ2n) is 5.46. The predicted molar refractivity (Wildman–Crippen MR) is 53.0 cm³/mol. The van der Waals surface area contributed by atoms with Gasteiger partial charge in [-0.15, -0.1) is 0 Å². The first kappa shape index (κ1) is 8.59. The van der Waals surface area contributed by atoms with Gasteiger partial charge < -0.3 is 0 Å². The molecule has 0 aromatic rings. The normalized spacial score (nSPS) is 53.8. The third-order valence-corrected chi connectivity index (χ3v) is 4.95. The van der Waals surface area contributed by atoms with E-state index in [9.17, 15) is 0 Å². The maximum absolute atomic E-state index is 2.55. The van der Waals surface area contributed by atoms with Crippen molar-refractivity contribution in [3.63, 3.8) is 0 Å². The molecule has 0 bridgehead atoms. The Morgan fingerprint density at radius 2 is 1.83 bits per heavy atom. The first-order valence-corrected chi connectivity index (χ1v) is 5.64. The van der Waals surface area contributed by atoms with Crippen molar-refractivity contribution in [2.45, 2.75) is 52.9 Å². The van der Waals surface area contributed by atoms with Crippen LogP contribution in [-0.4, -0.2) is 0 Å². The lowest BCUT2D eigenvalue weighted by atomic mass is 9.62. The van der Waals surface area contributed by atoms with Crippen LogP contribution >= 0.6 is 0 Å². The molecule has 0 saturated heterocycles. The van der Waals surface area contributed by atoms with Crippen LogP contribution in [0.25, 0.3) is 0 Å². The van der Waals surface area contributed by atoms with E-state index in [1.165, 1.54) is 32.1 Å². The van der Waals surface area contributed by atoms with E-state index < -0.39 is 0 Å². The SMILES string of the molecule is CC1CCC2(C)C(C)CCCC12. The lowest BCUT2D eigenvalue weighted by molar-refractivity contribution is 0.0648. The summed E-state index contributed by atoms with van der Waals surface area (Å²) >= 11 is 0. The van der Waals surface area contributed by atoms with Gasteiger partial charge in [0.2, 0.25) is 0 Å². The fourth-order valence-corrected chi connectivity index (χ4v) is 3.78. The number of hydrogen-bond donors (Lipinski definition) is 0. The van der Waals surface area contributed by atoms with E-state index in [2.05, 4.69) is 20.8 Å². The van der Waals surface area contributed by atoms with Crippen LogP contribution in [0.1, 0.15) is 52.9 Å². The molecule has 0 amide bonds. The Morgan fingerprint density at radius 3 is 2.50 bits per heavy atom. The molecule has 2 saturated carbocycles. The second kappa shape index (κ2) is 2.75. The molecule has 0 radical (unpaired) electrons. The summed E-state index contributed by atoms with van der Waals surface area (Å²) in [6.07, 6.45) is 7.49. The highest BCUT2D eigenvalue weighted by Gasteiger charge is 2.47. The van der Waals surface area contributed by atoms with E-state index in [1.54, 1.807) is 0 Å². The topological polar surface area (TPSA) is 0 Å². The molecule has 0 heterocycles. The molecular formula is C12H22. The van der Waals surface area contributed by atoms with Crippen molar-refractivity contribution in [3.05, 3.63) is 0 Å². The van der Waals surface area contributed by atoms with Crippen LogP contribution in [0.4, 0.5) is 0 Å². The Kier molecular flexibility index (Phi) is 1.97. The average Bonchev–Trinajstić information content (AvgIpc) is 2.33. The van der Waals surface area contributed by atoms with Gasteiger partial charge in [0.25, 0.3) is 0 Å². The van der Waals surface area contributed by atoms with Crippen LogP contribution < -0.4 is 0 Å². The summed E-state index contributed by atoms with van der Waals surface area (Å²) in [5.74, 6) is 3.06. The number of fused-ring (bicyclic) bond motifs is 1. The molecule has 0 aromatic heterocycles. The molecule has 2 fully saturated rings. The van der Waals surface area contributed by atoms with Gasteiger partial charge in [0, 0.05) is 0 Å². The largest absolute Gasteiger partial charge is 0.0622 e. The van der Waals surface area contributed by atoms with Crippen LogP contribution in [0.2, 0.25) is 0 Å². The van der Waals surface area contributed by atoms with Crippen molar-refractivity contribution in [2.75, 3.05) is 0 Å². The summed E-state index contributed by atoms with van der Waals surface area (Å²) in [7, 11) is 0. The van der Waals surface area contributed by atoms with Crippen molar-refractivity contribution >= 4 is 0 Å². The Morgan fingerprint density at radius 1 is 1.08 bits per heavy atom. The molecule has 4 unspecified atom stereocenters. The van der Waals surface area contributed by atoms with Gasteiger partial charge >= 0.3 is 0 Å². The minimum atomic E-state index is 0.720. The lowest BCUT2D eigenvalue weighted by Crippen LogP contribution is -2.35. The molecule has 2 aliphatic carbocycles. The Labute approximate surface area is 76.7 Å². The quantitative estimate of drug-likeness (QED) is 0.512. The molecule has 70 valence electrons. The summed E-state index contributed by atoms with van der Waals surface area (Å²) in [4.78, 5) is 0. The standard InChI is InChI=1S/C12H22/c1-9-7-8-12(3)10(2)5-4-6-11(9)12/h9-11H,4-8H2,1-3H3. The highest BCUT2D eigenvalue weighted by Crippen LogP contribution is 2.57. The van der Waals surface area contributed by atoms with E-state index in [1.807, 2.05) is 0 Å². The second-order valence-corrected chi connectivity index (χ2v) is 5.46. The molecule has 0 aliphatic heterocycles. The zero-order chi connectivity index (χ0) is 8.77. The zero-order valence-electron chi connectivity index (χ0n) is 8.77. The van der Waals surface area contributed by atoms with Gasteiger partial charge in [0.15, 0.2) is 0 Å². The van der Waals surface area contributed by atoms with Gasteiger partial charge in [-0.25, -0.2) is 0 Å². The molecule has 0 nitrogen and oxygen atoms in total. The average molecular weight is 166 g/mol. The maximum Gasteiger partial charge on any atom is -0.0269 e. The van der Waals surface area contributed by atoms with Gasteiger partial charge in [-0.2, -0.15) is 0 Å². The third-order valence-electron chi connectivity index (χ3n) is 4.95. The minimum Gasteiger partial charge on any atom is -0.0622 e. The van der Waals surface area contributed by atoms with Crippen molar-refractivity contribution in [1.29, 1.82) is 0 Å². The lowest BCUT2D eigenvalue weighted by Gasteiger charge is -2.43. The monoisotopic (exact) mass is 166 g/mol. The molecular weight excluding hydrogens is 144 g/mol. The number of rotatable bonds is 0. The minimum absolute atomic E-state index is 0.720. The molecule has 0 spiro atoms. The Bertz CT molecular complexity index is 173. The van der Waals surface area contributed by atoms with Gasteiger partial charge in [-0.3, -0.25) is 0 Å². The first-order valence-electron chi connectivity index (χ1n) is 5.64. The molecule has 2 aliphatic rings. The predicted octanol–water partition coefficient (Wildman–Crippen LogP) is 3.86. The van der Waals surface area contributed by atoms with Crippen molar-refractivity contribution in [1.82, 2.24) is 0 Å². The summed E-state index contributed by atoms with van der Waals surface area (Å²) in [5, 5.41) is 0. The van der Waals surface area contributed by atoms with Crippen LogP contribution in [0.3, 0.4) is 0 Å².